The van der Waals surface area contributed by atoms with E-state index in [4.69, 9.17) is 4.74 Å². The minimum Gasteiger partial charge on any atom is -0.508 e. The van der Waals surface area contributed by atoms with Gasteiger partial charge in [-0.1, -0.05) is 25.5 Å². The van der Waals surface area contributed by atoms with Crippen molar-refractivity contribution in [1.82, 2.24) is 0 Å². The van der Waals surface area contributed by atoms with E-state index in [2.05, 4.69) is 33.4 Å². The average molecular weight is 290 g/mol. The van der Waals surface area contributed by atoms with Crippen LogP contribution in [0.3, 0.4) is 0 Å². The minimum atomic E-state index is -0.0824. The van der Waals surface area contributed by atoms with Gasteiger partial charge in [-0.3, -0.25) is 0 Å². The highest BCUT2D eigenvalue weighted by Crippen LogP contribution is 2.55. The molecule has 2 unspecified atom stereocenters. The topological polar surface area (TPSA) is 29.5 Å². The number of hydrogen-bond acceptors (Lipinski definition) is 2. The largest absolute Gasteiger partial charge is 0.508 e. The zero-order chi connectivity index (χ0) is 15.2. The van der Waals surface area contributed by atoms with Crippen LogP contribution in [-0.4, -0.2) is 10.7 Å². The zero-order valence-electron chi connectivity index (χ0n) is 13.4. The van der Waals surface area contributed by atoms with Crippen molar-refractivity contribution < 1.29 is 12.7 Å². The van der Waals surface area contributed by atoms with Gasteiger partial charge in [0.15, 0.2) is 0 Å². The van der Waals surface area contributed by atoms with Gasteiger partial charge in [-0.15, -0.1) is 0 Å². The molecular formula is C19H30O2. The monoisotopic (exact) mass is 290 g/mol. The number of hydrogen-bond donors (Lipinski definition) is 1. The summed E-state index contributed by atoms with van der Waals surface area (Å²) >= 11 is 0. The van der Waals surface area contributed by atoms with E-state index in [-0.39, 0.29) is 8.45 Å². The highest BCUT2D eigenvalue weighted by atomic mass is 16.5. The number of phenolic OH excluding ortho intramolecular Hbond substituents is 1. The summed E-state index contributed by atoms with van der Waals surface area (Å²) in [6, 6.07) is 4.07. The van der Waals surface area contributed by atoms with Crippen molar-refractivity contribution in [2.45, 2.75) is 64.4 Å². The lowest BCUT2D eigenvalue weighted by Crippen LogP contribution is -2.44. The Morgan fingerprint density at radius 3 is 2.95 bits per heavy atom. The number of phenols is 1. The molecule has 1 N–H and O–H groups in total. The first-order valence-electron chi connectivity index (χ1n) is 8.14. The van der Waals surface area contributed by atoms with Crippen LogP contribution in [0.4, 0.5) is 0 Å². The van der Waals surface area contributed by atoms with E-state index in [1.54, 1.807) is 0 Å². The van der Waals surface area contributed by atoms with Crippen LogP contribution in [0.15, 0.2) is 24.3 Å². The van der Waals surface area contributed by atoms with Crippen molar-refractivity contribution in [2.75, 3.05) is 0 Å². The molecule has 0 radical (unpaired) electrons. The molecule has 118 valence electrons. The summed E-state index contributed by atoms with van der Waals surface area (Å²) in [7, 11) is 0. The average Bonchev–Trinajstić information content (AvgIpc) is 2.37. The van der Waals surface area contributed by atoms with Gasteiger partial charge in [-0.25, -0.2) is 0 Å². The fourth-order valence-corrected chi connectivity index (χ4v) is 4.18. The lowest BCUT2D eigenvalue weighted by molar-refractivity contribution is 0.00630. The first-order chi connectivity index (χ1) is 9.93. The molecule has 1 fully saturated rings. The Morgan fingerprint density at radius 2 is 2.29 bits per heavy atom. The normalized spacial score (nSPS) is 30.4. The van der Waals surface area contributed by atoms with Gasteiger partial charge in [-0.2, -0.15) is 0 Å². The van der Waals surface area contributed by atoms with Crippen LogP contribution in [0, 0.1) is 5.92 Å². The lowest BCUT2D eigenvalue weighted by Gasteiger charge is -2.48. The molecule has 1 aliphatic heterocycles. The van der Waals surface area contributed by atoms with Crippen LogP contribution in [-0.2, 0) is 6.42 Å². The van der Waals surface area contributed by atoms with Crippen LogP contribution >= 0.6 is 0 Å². The zero-order valence-corrected chi connectivity index (χ0v) is 13.4. The van der Waals surface area contributed by atoms with Gasteiger partial charge in [0.2, 0.25) is 0 Å². The van der Waals surface area contributed by atoms with Gasteiger partial charge in [0.25, 0.3) is 0 Å². The molecule has 2 heteroatoms. The van der Waals surface area contributed by atoms with E-state index in [0.717, 1.165) is 43.4 Å². The third-order valence-electron chi connectivity index (χ3n) is 5.20. The quantitative estimate of drug-likeness (QED) is 0.750. The minimum absolute atomic E-state index is 0. The van der Waals surface area contributed by atoms with Gasteiger partial charge in [0.05, 0.1) is 0 Å². The van der Waals surface area contributed by atoms with Gasteiger partial charge < -0.3 is 9.84 Å². The maximum Gasteiger partial charge on any atom is 0.127 e. The maximum absolute atomic E-state index is 10.5. The molecule has 21 heavy (non-hydrogen) atoms. The number of allylic oxidation sites excluding steroid dienone is 1. The molecular weight excluding hydrogens is 260 g/mol. The van der Waals surface area contributed by atoms with Crippen LogP contribution in [0.5, 0.6) is 11.5 Å². The van der Waals surface area contributed by atoms with Crippen molar-refractivity contribution in [3.63, 3.8) is 0 Å². The Kier molecular flexibility index (Phi) is 3.51. The first kappa shape index (κ1) is 14.5. The molecule has 1 heterocycles. The fourth-order valence-electron chi connectivity index (χ4n) is 4.18. The molecule has 1 saturated carbocycles. The summed E-state index contributed by atoms with van der Waals surface area (Å²) in [5, 5.41) is 10.5. The van der Waals surface area contributed by atoms with Gasteiger partial charge in [-0.05, 0) is 63.1 Å². The van der Waals surface area contributed by atoms with Crippen molar-refractivity contribution in [2.24, 2.45) is 5.92 Å². The molecule has 3 atom stereocenters. The second kappa shape index (κ2) is 5.08. The highest BCUT2D eigenvalue weighted by Gasteiger charge is 2.46. The summed E-state index contributed by atoms with van der Waals surface area (Å²) in [5.41, 5.74) is 3.33. The van der Waals surface area contributed by atoms with E-state index < -0.39 is 0 Å². The van der Waals surface area contributed by atoms with Crippen LogP contribution < -0.4 is 4.74 Å². The van der Waals surface area contributed by atoms with E-state index >= 15 is 0 Å². The number of aryl methyl sites for hydroxylation is 1. The maximum atomic E-state index is 10.5. The van der Waals surface area contributed by atoms with Crippen LogP contribution in [0.2, 0.25) is 0 Å². The SMILES string of the molecule is C=C(C)C1CC[C@]2(C)CC1c1c(O)cc(CCC)cc1O2.[HH].[HH]. The third kappa shape index (κ3) is 2.45. The highest BCUT2D eigenvalue weighted by molar-refractivity contribution is 5.52. The molecule has 1 aromatic rings. The molecule has 2 nitrogen and oxygen atoms in total. The second-order valence-corrected chi connectivity index (χ2v) is 7.13. The fraction of sp³-hybridized carbons (Fsp3) is 0.579. The lowest BCUT2D eigenvalue weighted by atomic mass is 9.65. The molecule has 3 rings (SSSR count). The van der Waals surface area contributed by atoms with E-state index in [1.165, 1.54) is 11.1 Å². The smallest absolute Gasteiger partial charge is 0.127 e. The number of ether oxygens (including phenoxy) is 1. The third-order valence-corrected chi connectivity index (χ3v) is 5.20. The first-order valence-corrected chi connectivity index (χ1v) is 8.14. The Hall–Kier alpha value is -1.44. The number of rotatable bonds is 3. The standard InChI is InChI=1S/C19H26O2.2H2/c1-5-6-13-9-16(20)18-15-11-19(4,21-17(18)10-13)8-7-14(15)12(2)3;;/h9-10,14-15,20H,2,5-8,11H2,1,3-4H3;2*1H/t14?,15?,19-;;/m1../s1. The summed E-state index contributed by atoms with van der Waals surface area (Å²) in [4.78, 5) is 0. The summed E-state index contributed by atoms with van der Waals surface area (Å²) < 4.78 is 6.30. The van der Waals surface area contributed by atoms with Crippen molar-refractivity contribution in [3.8, 4) is 11.5 Å². The molecule has 0 spiro atoms. The van der Waals surface area contributed by atoms with E-state index in [1.807, 2.05) is 6.07 Å². The van der Waals surface area contributed by atoms with Crippen molar-refractivity contribution in [1.29, 1.82) is 0 Å². The number of fused-ring (bicyclic) bond motifs is 4. The molecule has 2 bridgehead atoms. The number of benzene rings is 1. The molecule has 1 aliphatic carbocycles. The van der Waals surface area contributed by atoms with Crippen molar-refractivity contribution >= 4 is 0 Å². The molecule has 0 aromatic heterocycles. The molecule has 0 saturated heterocycles. The summed E-state index contributed by atoms with van der Waals surface area (Å²) in [5.74, 6) is 2.13. The van der Waals surface area contributed by atoms with Gasteiger partial charge in [0, 0.05) is 14.3 Å². The van der Waals surface area contributed by atoms with Crippen molar-refractivity contribution in [3.05, 3.63) is 35.4 Å². The molecule has 2 aliphatic rings. The summed E-state index contributed by atoms with van der Waals surface area (Å²) in [6.07, 6.45) is 5.21. The second-order valence-electron chi connectivity index (χ2n) is 7.13. The van der Waals surface area contributed by atoms with Gasteiger partial charge in [0.1, 0.15) is 17.1 Å². The van der Waals surface area contributed by atoms with Gasteiger partial charge >= 0.3 is 0 Å². The predicted octanol–water partition coefficient (Wildman–Crippen LogP) is 5.45. The van der Waals surface area contributed by atoms with Crippen LogP contribution in [0.1, 0.15) is 66.4 Å². The summed E-state index contributed by atoms with van der Waals surface area (Å²) in [6.45, 7) is 10.7. The Balaban J connectivity index is 0.00000132. The Bertz CT molecular complexity index is 585. The van der Waals surface area contributed by atoms with Crippen LogP contribution in [0.25, 0.3) is 0 Å². The Labute approximate surface area is 130 Å². The molecule has 0 amide bonds. The number of aromatic hydroxyl groups is 1. The van der Waals surface area contributed by atoms with E-state index in [9.17, 15) is 5.11 Å². The van der Waals surface area contributed by atoms with E-state index in [0.29, 0.717) is 17.6 Å². The Morgan fingerprint density at radius 1 is 1.52 bits per heavy atom. The molecule has 1 aromatic carbocycles. The predicted molar refractivity (Wildman–Crippen MR) is 90.3 cm³/mol.